The van der Waals surface area contributed by atoms with Crippen LogP contribution in [-0.4, -0.2) is 9.38 Å². The van der Waals surface area contributed by atoms with Crippen molar-refractivity contribution in [2.45, 2.75) is 6.92 Å². The van der Waals surface area contributed by atoms with E-state index in [9.17, 15) is 9.18 Å². The molecule has 0 aliphatic rings. The highest BCUT2D eigenvalue weighted by molar-refractivity contribution is 5.96. The molecule has 2 aromatic heterocycles. The summed E-state index contributed by atoms with van der Waals surface area (Å²) >= 11 is 0. The average Bonchev–Trinajstić information content (AvgIpc) is 2.47. The lowest BCUT2D eigenvalue weighted by atomic mass is 10.1. The first kappa shape index (κ1) is 12.0. The molecule has 4 rings (SSSR count). The van der Waals surface area contributed by atoms with Crippen LogP contribution >= 0.6 is 0 Å². The third-order valence-electron chi connectivity index (χ3n) is 3.74. The maximum absolute atomic E-state index is 13.5. The van der Waals surface area contributed by atoms with Gasteiger partial charge in [-0.05, 0) is 42.6 Å². The second-order valence-corrected chi connectivity index (χ2v) is 5.18. The van der Waals surface area contributed by atoms with Crippen molar-refractivity contribution in [1.29, 1.82) is 0 Å². The minimum absolute atomic E-state index is 0.334. The average molecular weight is 278 g/mol. The molecular formula is C17H11FN2O. The van der Waals surface area contributed by atoms with E-state index in [4.69, 9.17) is 0 Å². The van der Waals surface area contributed by atoms with Gasteiger partial charge < -0.3 is 4.40 Å². The highest BCUT2D eigenvalue weighted by Gasteiger charge is 2.09. The Balaban J connectivity index is 2.33. The molecule has 0 spiro atoms. The molecule has 0 aliphatic carbocycles. The Bertz CT molecular complexity index is 1080. The Morgan fingerprint density at radius 3 is 2.76 bits per heavy atom. The predicted octanol–water partition coefficient (Wildman–Crippen LogP) is 3.45. The monoisotopic (exact) mass is 278 g/mol. The van der Waals surface area contributed by atoms with Gasteiger partial charge in [-0.3, -0.25) is 4.79 Å². The van der Waals surface area contributed by atoms with Crippen molar-refractivity contribution in [3.63, 3.8) is 0 Å². The topological polar surface area (TPSA) is 34.4 Å². The zero-order chi connectivity index (χ0) is 14.6. The quantitative estimate of drug-likeness (QED) is 0.462. The summed E-state index contributed by atoms with van der Waals surface area (Å²) in [7, 11) is 0. The van der Waals surface area contributed by atoms with Crippen molar-refractivity contribution in [2.24, 2.45) is 0 Å². The van der Waals surface area contributed by atoms with Gasteiger partial charge in [0.05, 0.1) is 10.9 Å². The Kier molecular flexibility index (Phi) is 2.36. The van der Waals surface area contributed by atoms with Crippen molar-refractivity contribution in [1.82, 2.24) is 9.38 Å². The first-order valence-corrected chi connectivity index (χ1v) is 6.64. The van der Waals surface area contributed by atoms with Crippen LogP contribution in [0.15, 0.2) is 53.5 Å². The van der Waals surface area contributed by atoms with Gasteiger partial charge in [-0.1, -0.05) is 17.7 Å². The lowest BCUT2D eigenvalue weighted by Gasteiger charge is -2.09. The number of hydrogen-bond acceptors (Lipinski definition) is 2. The van der Waals surface area contributed by atoms with Crippen molar-refractivity contribution in [2.75, 3.05) is 0 Å². The lowest BCUT2D eigenvalue weighted by molar-refractivity contribution is 0.629. The molecule has 3 nitrogen and oxygen atoms in total. The molecule has 0 amide bonds. The van der Waals surface area contributed by atoms with Crippen LogP contribution in [0.4, 0.5) is 4.39 Å². The molecule has 21 heavy (non-hydrogen) atoms. The fraction of sp³-hybridized carbons (Fsp3) is 0.0588. The molecule has 4 heteroatoms. The summed E-state index contributed by atoms with van der Waals surface area (Å²) in [6.07, 6.45) is 1.82. The molecule has 0 N–H and O–H groups in total. The van der Waals surface area contributed by atoms with E-state index in [1.165, 1.54) is 18.2 Å². The highest BCUT2D eigenvalue weighted by atomic mass is 19.1. The van der Waals surface area contributed by atoms with Crippen LogP contribution in [0.25, 0.3) is 27.3 Å². The van der Waals surface area contributed by atoms with Gasteiger partial charge in [-0.15, -0.1) is 0 Å². The second-order valence-electron chi connectivity index (χ2n) is 5.18. The van der Waals surface area contributed by atoms with E-state index in [0.717, 1.165) is 16.3 Å². The normalized spacial score (nSPS) is 11.5. The molecule has 0 saturated heterocycles. The number of benzene rings is 2. The summed E-state index contributed by atoms with van der Waals surface area (Å²) in [5, 5.41) is 2.31. The van der Waals surface area contributed by atoms with E-state index in [2.05, 4.69) is 4.98 Å². The van der Waals surface area contributed by atoms with E-state index in [-0.39, 0.29) is 11.4 Å². The van der Waals surface area contributed by atoms with Crippen molar-refractivity contribution >= 4 is 27.3 Å². The summed E-state index contributed by atoms with van der Waals surface area (Å²) < 4.78 is 15.3. The maximum atomic E-state index is 13.5. The van der Waals surface area contributed by atoms with Crippen LogP contribution < -0.4 is 5.56 Å². The highest BCUT2D eigenvalue weighted by Crippen LogP contribution is 2.22. The Labute approximate surface area is 119 Å². The minimum Gasteiger partial charge on any atom is -0.300 e. The van der Waals surface area contributed by atoms with Gasteiger partial charge in [0.2, 0.25) is 0 Å². The molecule has 0 saturated carbocycles. The first-order chi connectivity index (χ1) is 10.1. The van der Waals surface area contributed by atoms with Gasteiger partial charge in [0.25, 0.3) is 5.56 Å². The van der Waals surface area contributed by atoms with Gasteiger partial charge in [0.15, 0.2) is 0 Å². The molecule has 0 atom stereocenters. The molecular weight excluding hydrogens is 267 g/mol. The number of fused-ring (bicyclic) bond motifs is 5. The van der Waals surface area contributed by atoms with E-state index < -0.39 is 0 Å². The smallest absolute Gasteiger partial charge is 0.281 e. The Morgan fingerprint density at radius 2 is 1.90 bits per heavy atom. The van der Waals surface area contributed by atoms with Gasteiger partial charge in [-0.2, -0.15) is 4.98 Å². The molecule has 4 aromatic rings. The molecule has 2 aromatic carbocycles. The summed E-state index contributed by atoms with van der Waals surface area (Å²) in [5.41, 5.74) is 1.84. The third-order valence-corrected chi connectivity index (χ3v) is 3.74. The number of nitrogens with zero attached hydrogens (tertiary/aromatic N) is 2. The zero-order valence-electron chi connectivity index (χ0n) is 11.3. The molecule has 0 bridgehead atoms. The fourth-order valence-corrected chi connectivity index (χ4v) is 2.71. The Morgan fingerprint density at radius 1 is 1.05 bits per heavy atom. The SMILES string of the molecule is Cc1ccc2ccn3c4cc(F)ccc4c(=O)nc3c2c1. The van der Waals surface area contributed by atoms with Gasteiger partial charge in [0.1, 0.15) is 11.5 Å². The van der Waals surface area contributed by atoms with Crippen LogP contribution in [-0.2, 0) is 0 Å². The molecule has 0 radical (unpaired) electrons. The molecule has 0 aliphatic heterocycles. The predicted molar refractivity (Wildman–Crippen MR) is 81.2 cm³/mol. The summed E-state index contributed by atoms with van der Waals surface area (Å²) in [5.74, 6) is -0.369. The number of aromatic nitrogens is 2. The standard InChI is InChI=1S/C17H11FN2O/c1-10-2-3-11-6-7-20-15-9-12(18)4-5-13(15)17(21)19-16(20)14(11)8-10/h2-9H,1H3. The minimum atomic E-state index is -0.369. The third kappa shape index (κ3) is 1.72. The molecule has 2 heterocycles. The number of rotatable bonds is 0. The zero-order valence-corrected chi connectivity index (χ0v) is 11.3. The largest absolute Gasteiger partial charge is 0.300 e. The van der Waals surface area contributed by atoms with E-state index in [0.29, 0.717) is 16.6 Å². The Hall–Kier alpha value is -2.75. The lowest BCUT2D eigenvalue weighted by Crippen LogP contribution is -2.11. The number of hydrogen-bond donors (Lipinski definition) is 0. The maximum Gasteiger partial charge on any atom is 0.281 e. The number of halogens is 1. The van der Waals surface area contributed by atoms with Gasteiger partial charge in [-0.25, -0.2) is 4.39 Å². The fourth-order valence-electron chi connectivity index (χ4n) is 2.71. The van der Waals surface area contributed by atoms with Crippen molar-refractivity contribution in [3.05, 3.63) is 70.4 Å². The van der Waals surface area contributed by atoms with Crippen LogP contribution in [0.5, 0.6) is 0 Å². The summed E-state index contributed by atoms with van der Waals surface area (Å²) in [6.45, 7) is 1.99. The van der Waals surface area contributed by atoms with Crippen LogP contribution in [0.3, 0.4) is 0 Å². The summed E-state index contributed by atoms with van der Waals surface area (Å²) in [6, 6.07) is 12.1. The second kappa shape index (κ2) is 4.12. The van der Waals surface area contributed by atoms with E-state index in [1.807, 2.05) is 37.4 Å². The van der Waals surface area contributed by atoms with Crippen LogP contribution in [0, 0.1) is 12.7 Å². The number of aryl methyl sites for hydroxylation is 1. The number of pyridine rings is 1. The molecule has 0 fully saturated rings. The summed E-state index contributed by atoms with van der Waals surface area (Å²) in [4.78, 5) is 16.4. The van der Waals surface area contributed by atoms with E-state index >= 15 is 0 Å². The molecule has 0 unspecified atom stereocenters. The van der Waals surface area contributed by atoms with Crippen LogP contribution in [0.2, 0.25) is 0 Å². The molecule has 102 valence electrons. The first-order valence-electron chi connectivity index (χ1n) is 6.64. The van der Waals surface area contributed by atoms with Crippen molar-refractivity contribution < 1.29 is 4.39 Å². The van der Waals surface area contributed by atoms with Gasteiger partial charge in [0, 0.05) is 11.6 Å². The van der Waals surface area contributed by atoms with Crippen molar-refractivity contribution in [3.8, 4) is 0 Å². The van der Waals surface area contributed by atoms with Gasteiger partial charge >= 0.3 is 0 Å². The van der Waals surface area contributed by atoms with Crippen LogP contribution in [0.1, 0.15) is 5.56 Å². The van der Waals surface area contributed by atoms with E-state index in [1.54, 1.807) is 4.40 Å².